The second kappa shape index (κ2) is 12.3. The molecule has 0 nitrogen and oxygen atoms in total. The van der Waals surface area contributed by atoms with Crippen LogP contribution in [0.3, 0.4) is 0 Å². The fourth-order valence-corrected chi connectivity index (χ4v) is 13.1. The molecule has 0 saturated heterocycles. The maximum absolute atomic E-state index is 2.66. The molecule has 0 unspecified atom stereocenters. The smallest absolute Gasteiger partial charge is 0.0622 e. The summed E-state index contributed by atoms with van der Waals surface area (Å²) in [7, 11) is 0. The highest BCUT2D eigenvalue weighted by Gasteiger charge is 2.52. The van der Waals surface area contributed by atoms with Crippen molar-refractivity contribution in [3.05, 3.63) is 275 Å². The Morgan fingerprint density at radius 2 is 0.625 bits per heavy atom. The van der Waals surface area contributed by atoms with E-state index in [2.05, 4.69) is 231 Å². The Balaban J connectivity index is 1.18. The van der Waals surface area contributed by atoms with Crippen molar-refractivity contribution in [1.82, 2.24) is 0 Å². The van der Waals surface area contributed by atoms with E-state index in [4.69, 9.17) is 0 Å². The molecule has 15 rings (SSSR count). The van der Waals surface area contributed by atoms with Crippen LogP contribution in [0.25, 0.3) is 87.6 Å². The van der Waals surface area contributed by atoms with Crippen molar-refractivity contribution >= 4 is 43.1 Å². The lowest BCUT2D eigenvalue weighted by atomic mass is 9.65. The molecule has 64 heavy (non-hydrogen) atoms. The summed E-state index contributed by atoms with van der Waals surface area (Å²) in [6.45, 7) is 0. The van der Waals surface area contributed by atoms with Gasteiger partial charge in [-0.15, -0.1) is 0 Å². The van der Waals surface area contributed by atoms with Crippen molar-refractivity contribution in [3.63, 3.8) is 0 Å². The molecular weight excluding hydrogens is 769 g/mol. The number of hydrogen-bond donors (Lipinski definition) is 0. The van der Waals surface area contributed by atoms with Crippen LogP contribution in [0, 0.1) is 0 Å². The summed E-state index contributed by atoms with van der Waals surface area (Å²) in [5.41, 5.74) is 19.9. The highest BCUT2D eigenvalue weighted by atomic mass is 14.5. The molecule has 0 atom stereocenters. The average Bonchev–Trinajstić information content (AvgIpc) is 3.96. The zero-order valence-electron chi connectivity index (χ0n) is 34.9. The molecule has 0 radical (unpaired) electrons. The second-order valence-corrected chi connectivity index (χ2v) is 18.2. The van der Waals surface area contributed by atoms with E-state index < -0.39 is 10.8 Å². The van der Waals surface area contributed by atoms with E-state index >= 15 is 0 Å². The van der Waals surface area contributed by atoms with Gasteiger partial charge in [0.05, 0.1) is 10.8 Å². The number of hydrogen-bond acceptors (Lipinski definition) is 0. The first-order valence-corrected chi connectivity index (χ1v) is 22.6. The van der Waals surface area contributed by atoms with Crippen molar-refractivity contribution in [1.29, 1.82) is 0 Å². The van der Waals surface area contributed by atoms with Crippen molar-refractivity contribution in [3.8, 4) is 44.5 Å². The molecule has 294 valence electrons. The number of benzene rings is 12. The summed E-state index contributed by atoms with van der Waals surface area (Å²) in [4.78, 5) is 0. The van der Waals surface area contributed by atoms with E-state index in [0.29, 0.717) is 0 Å². The maximum Gasteiger partial charge on any atom is 0.0714 e. The predicted molar refractivity (Wildman–Crippen MR) is 267 cm³/mol. The minimum absolute atomic E-state index is 0.595. The van der Waals surface area contributed by atoms with Crippen molar-refractivity contribution < 1.29 is 0 Å². The van der Waals surface area contributed by atoms with Crippen LogP contribution in [0.15, 0.2) is 231 Å². The van der Waals surface area contributed by atoms with Crippen LogP contribution in [0.1, 0.15) is 44.5 Å². The van der Waals surface area contributed by atoms with E-state index in [9.17, 15) is 0 Å². The first-order chi connectivity index (χ1) is 31.8. The lowest BCUT2D eigenvalue weighted by Gasteiger charge is -2.35. The van der Waals surface area contributed by atoms with Gasteiger partial charge in [-0.2, -0.15) is 0 Å². The van der Waals surface area contributed by atoms with Crippen LogP contribution >= 0.6 is 0 Å². The van der Waals surface area contributed by atoms with Crippen LogP contribution in [0.4, 0.5) is 0 Å². The molecule has 0 spiro atoms. The molecule has 0 heterocycles. The van der Waals surface area contributed by atoms with Gasteiger partial charge >= 0.3 is 0 Å². The minimum atomic E-state index is -0.602. The zero-order chi connectivity index (χ0) is 41.7. The summed E-state index contributed by atoms with van der Waals surface area (Å²) in [5, 5.41) is 10.5. The molecular formula is C64H38. The molecule has 0 N–H and O–H groups in total. The van der Waals surface area contributed by atoms with Crippen molar-refractivity contribution in [2.45, 2.75) is 10.8 Å². The van der Waals surface area contributed by atoms with Crippen LogP contribution in [-0.4, -0.2) is 0 Å². The lowest BCUT2D eigenvalue weighted by Crippen LogP contribution is -2.30. The Bertz CT molecular complexity index is 3820. The van der Waals surface area contributed by atoms with Crippen LogP contribution in [-0.2, 0) is 10.8 Å². The predicted octanol–water partition coefficient (Wildman–Crippen LogP) is 16.1. The third-order valence-electron chi connectivity index (χ3n) is 15.5. The topological polar surface area (TPSA) is 0 Å². The van der Waals surface area contributed by atoms with Gasteiger partial charge in [0, 0.05) is 0 Å². The first-order valence-electron chi connectivity index (χ1n) is 22.6. The Morgan fingerprint density at radius 3 is 1.17 bits per heavy atom. The molecule has 3 aliphatic rings. The van der Waals surface area contributed by atoms with Gasteiger partial charge in [-0.25, -0.2) is 0 Å². The van der Waals surface area contributed by atoms with Gasteiger partial charge in [0.15, 0.2) is 0 Å². The molecule has 0 aliphatic heterocycles. The van der Waals surface area contributed by atoms with Gasteiger partial charge < -0.3 is 0 Å². The van der Waals surface area contributed by atoms with E-state index in [1.807, 2.05) is 0 Å². The molecule has 0 amide bonds. The molecule has 12 aromatic rings. The molecule has 3 aliphatic carbocycles. The summed E-state index contributed by atoms with van der Waals surface area (Å²) >= 11 is 0. The molecule has 0 heteroatoms. The standard InChI is InChI=1S/C64H38/c1-5-19-42(20-6-1)63(43-21-7-2-8-22-43)54-37-52-55(38-53(54)62-50-34-33-40-18-15-17-39-31-32-41(35-56(62)63)59(50)58(39)40)64(44-23-9-3-10-24-44,45-25-11-4-12-26-45)57-36-51-47-28-14-13-27-46(47)48-29-16-30-49(60(48)51)61(52)57/h1-38H. The fourth-order valence-electron chi connectivity index (χ4n) is 13.1. The first kappa shape index (κ1) is 34.5. The van der Waals surface area contributed by atoms with Gasteiger partial charge in [0.1, 0.15) is 0 Å². The SMILES string of the molecule is c1ccc(C2(c3ccccc3)c3cc4c(cc3-c3c2cc2c5c(cccc35)-c3ccccc3-2)C(c2ccccc2)(c2ccccc2)c2cc3ccc5cccc6ccc(c2-4)c3c56)cc1. The summed E-state index contributed by atoms with van der Waals surface area (Å²) < 4.78 is 0. The van der Waals surface area contributed by atoms with Gasteiger partial charge in [-0.1, -0.05) is 206 Å². The third-order valence-corrected chi connectivity index (χ3v) is 15.5. The summed E-state index contributed by atoms with van der Waals surface area (Å²) in [6.07, 6.45) is 0. The van der Waals surface area contributed by atoms with E-state index in [-0.39, 0.29) is 0 Å². The monoisotopic (exact) mass is 806 g/mol. The molecule has 12 aromatic carbocycles. The van der Waals surface area contributed by atoms with Crippen LogP contribution in [0.5, 0.6) is 0 Å². The molecule has 0 saturated carbocycles. The Hall–Kier alpha value is -8.06. The second-order valence-electron chi connectivity index (χ2n) is 18.2. The van der Waals surface area contributed by atoms with Gasteiger partial charge in [-0.05, 0) is 156 Å². The number of fused-ring (bicyclic) bond motifs is 11. The highest BCUT2D eigenvalue weighted by molar-refractivity contribution is 6.27. The van der Waals surface area contributed by atoms with Gasteiger partial charge in [-0.3, -0.25) is 0 Å². The van der Waals surface area contributed by atoms with Gasteiger partial charge in [0.25, 0.3) is 0 Å². The van der Waals surface area contributed by atoms with Gasteiger partial charge in [0.2, 0.25) is 0 Å². The van der Waals surface area contributed by atoms with Crippen LogP contribution < -0.4 is 0 Å². The summed E-state index contributed by atoms with van der Waals surface area (Å²) in [6, 6.07) is 88.1. The van der Waals surface area contributed by atoms with Crippen molar-refractivity contribution in [2.75, 3.05) is 0 Å². The number of rotatable bonds is 4. The summed E-state index contributed by atoms with van der Waals surface area (Å²) in [5.74, 6) is 0. The quantitative estimate of drug-likeness (QED) is 0.155. The highest BCUT2D eigenvalue weighted by Crippen LogP contribution is 2.66. The third kappa shape index (κ3) is 4.06. The van der Waals surface area contributed by atoms with E-state index in [1.54, 1.807) is 0 Å². The largest absolute Gasteiger partial charge is 0.0714 e. The molecule has 0 bridgehead atoms. The Labute approximate surface area is 371 Å². The Morgan fingerprint density at radius 1 is 0.219 bits per heavy atom. The maximum atomic E-state index is 2.66. The lowest BCUT2D eigenvalue weighted by molar-refractivity contribution is 0.760. The minimum Gasteiger partial charge on any atom is -0.0622 e. The molecule has 0 aromatic heterocycles. The van der Waals surface area contributed by atoms with E-state index in [0.717, 1.165) is 0 Å². The fraction of sp³-hybridized carbons (Fsp3) is 0.0312. The average molecular weight is 807 g/mol. The zero-order valence-corrected chi connectivity index (χ0v) is 34.9. The Kier molecular flexibility index (Phi) is 6.64. The normalized spacial score (nSPS) is 14.5. The van der Waals surface area contributed by atoms with E-state index in [1.165, 1.54) is 132 Å². The van der Waals surface area contributed by atoms with Crippen LogP contribution in [0.2, 0.25) is 0 Å². The molecule has 0 fully saturated rings. The van der Waals surface area contributed by atoms with Crippen molar-refractivity contribution in [2.24, 2.45) is 0 Å².